The topological polar surface area (TPSA) is 169 Å². The molecule has 4 aliphatic carbocycles. The predicted molar refractivity (Wildman–Crippen MR) is 170 cm³/mol. The number of aliphatic hydroxyl groups excluding tert-OH is 2. The molecule has 0 aromatic carbocycles. The average molecular weight is 643 g/mol. The van der Waals surface area contributed by atoms with Crippen LogP contribution < -0.4 is 0 Å². The Balaban J connectivity index is 0.000000500. The van der Waals surface area contributed by atoms with Gasteiger partial charge in [0.25, 0.3) is 0 Å². The number of halogens is 1. The van der Waals surface area contributed by atoms with Crippen LogP contribution in [0.3, 0.4) is 0 Å². The Morgan fingerprint density at radius 1 is 0.977 bits per heavy atom. The third-order valence-corrected chi connectivity index (χ3v) is 11.3. The van der Waals surface area contributed by atoms with Crippen LogP contribution in [-0.4, -0.2) is 72.2 Å². The highest BCUT2D eigenvalue weighted by molar-refractivity contribution is 6.26. The largest absolute Gasteiger partial charge is 0.481 e. The van der Waals surface area contributed by atoms with E-state index in [0.717, 1.165) is 5.57 Å². The third kappa shape index (κ3) is 7.65. The molecule has 3 fully saturated rings. The van der Waals surface area contributed by atoms with Crippen LogP contribution in [0.15, 0.2) is 23.8 Å². The summed E-state index contributed by atoms with van der Waals surface area (Å²) in [7, 11) is 0. The number of alkyl halides is 1. The lowest BCUT2D eigenvalue weighted by Gasteiger charge is -2.63. The molecule has 4 aliphatic rings. The van der Waals surface area contributed by atoms with Gasteiger partial charge in [-0.25, -0.2) is 0 Å². The lowest BCUT2D eigenvalue weighted by molar-refractivity contribution is -0.179. The average Bonchev–Trinajstić information content (AvgIpc) is 3.18. The molecule has 9 nitrogen and oxygen atoms in total. The maximum atomic E-state index is 12.6. The van der Waals surface area contributed by atoms with Crippen molar-refractivity contribution in [2.45, 2.75) is 129 Å². The van der Waals surface area contributed by atoms with Crippen molar-refractivity contribution in [3.63, 3.8) is 0 Å². The highest BCUT2D eigenvalue weighted by Crippen LogP contribution is 2.71. The Labute approximate surface area is 267 Å². The molecule has 0 saturated heterocycles. The smallest absolute Gasteiger partial charge is 0.303 e. The van der Waals surface area contributed by atoms with Crippen LogP contribution in [0, 0.1) is 28.6 Å². The fourth-order valence-electron chi connectivity index (χ4n) is 7.76. The van der Waals surface area contributed by atoms with Gasteiger partial charge in [0, 0.05) is 23.7 Å². The number of Topliss-reactive ketones (excluding diaryl/α,β-unsaturated/α-hetero) is 1. The van der Waals surface area contributed by atoms with Gasteiger partial charge < -0.3 is 25.5 Å². The van der Waals surface area contributed by atoms with Gasteiger partial charge in [0.15, 0.2) is 11.6 Å². The summed E-state index contributed by atoms with van der Waals surface area (Å²) in [6.07, 6.45) is 12.2. The minimum absolute atomic E-state index is 0.0567. The first kappa shape index (κ1) is 40.0. The highest BCUT2D eigenvalue weighted by Gasteiger charge is 2.74. The zero-order valence-corrected chi connectivity index (χ0v) is 28.3. The molecule has 10 heteroatoms. The number of carboxylic acid groups (broad SMARTS) is 2. The van der Waals surface area contributed by atoms with E-state index in [9.17, 15) is 34.5 Å². The van der Waals surface area contributed by atoms with Gasteiger partial charge in [0.1, 0.15) is 12.2 Å². The molecule has 0 aliphatic heterocycles. The predicted octanol–water partition coefficient (Wildman–Crippen LogP) is 5.71. The monoisotopic (exact) mass is 642 g/mol. The lowest BCUT2D eigenvalue weighted by atomic mass is 9.45. The number of ketones is 2. The summed E-state index contributed by atoms with van der Waals surface area (Å²) in [4.78, 5) is 42.2. The van der Waals surface area contributed by atoms with Crippen LogP contribution in [-0.2, 0) is 19.2 Å². The SMILES string of the molecule is CCC(=O)O.CCC(=O)O.CCCCCC.C[C@H]1C[C@H]2[C@@H]3CCC4=CC(=O)C=C[C@]4(C)[C@@]3(Cl)[C@@H](O)C[C@]2(C)[C@@]1(O)C(=O)CO. The van der Waals surface area contributed by atoms with E-state index < -0.39 is 51.7 Å². The van der Waals surface area contributed by atoms with Gasteiger partial charge >= 0.3 is 11.9 Å². The van der Waals surface area contributed by atoms with Gasteiger partial charge in [-0.2, -0.15) is 0 Å². The minimum Gasteiger partial charge on any atom is -0.481 e. The van der Waals surface area contributed by atoms with Crippen molar-refractivity contribution in [2.75, 3.05) is 6.61 Å². The molecule has 0 aromatic rings. The number of carbonyl (C=O) groups excluding carboxylic acids is 2. The summed E-state index contributed by atoms with van der Waals surface area (Å²) < 4.78 is 0. The van der Waals surface area contributed by atoms with Gasteiger partial charge in [-0.3, -0.25) is 19.2 Å². The first-order valence-corrected chi connectivity index (χ1v) is 16.4. The Morgan fingerprint density at radius 2 is 1.48 bits per heavy atom. The van der Waals surface area contributed by atoms with E-state index in [1.165, 1.54) is 31.8 Å². The molecular formula is C34H55ClO9. The second-order valence-corrected chi connectivity index (χ2v) is 13.6. The van der Waals surface area contributed by atoms with Gasteiger partial charge in [0.2, 0.25) is 0 Å². The van der Waals surface area contributed by atoms with Crippen molar-refractivity contribution in [3.8, 4) is 0 Å². The number of hydrogen-bond acceptors (Lipinski definition) is 7. The molecule has 3 saturated carbocycles. The number of unbranched alkanes of at least 4 members (excludes halogenated alkanes) is 3. The van der Waals surface area contributed by atoms with Gasteiger partial charge in [0.05, 0.1) is 11.0 Å². The van der Waals surface area contributed by atoms with E-state index in [2.05, 4.69) is 13.8 Å². The summed E-state index contributed by atoms with van der Waals surface area (Å²) in [6.45, 7) is 12.6. The first-order chi connectivity index (χ1) is 20.4. The Bertz CT molecular complexity index is 1070. The van der Waals surface area contributed by atoms with E-state index in [1.54, 1.807) is 19.9 Å². The van der Waals surface area contributed by atoms with Crippen LogP contribution >= 0.6 is 11.6 Å². The van der Waals surface area contributed by atoms with Gasteiger partial charge in [-0.1, -0.05) is 85.8 Å². The number of aliphatic carboxylic acids is 2. The summed E-state index contributed by atoms with van der Waals surface area (Å²) >= 11 is 7.30. The van der Waals surface area contributed by atoms with Crippen molar-refractivity contribution in [1.82, 2.24) is 0 Å². The molecule has 252 valence electrons. The van der Waals surface area contributed by atoms with Crippen molar-refractivity contribution in [3.05, 3.63) is 23.8 Å². The zero-order chi connectivity index (χ0) is 34.1. The molecule has 0 unspecified atom stereocenters. The molecule has 0 heterocycles. The number of hydrogen-bond donors (Lipinski definition) is 5. The van der Waals surface area contributed by atoms with Crippen molar-refractivity contribution >= 4 is 35.1 Å². The van der Waals surface area contributed by atoms with Crippen LogP contribution in [0.1, 0.15) is 113 Å². The lowest BCUT2D eigenvalue weighted by Crippen LogP contribution is -2.69. The Morgan fingerprint density at radius 3 is 1.91 bits per heavy atom. The molecule has 8 atom stereocenters. The second-order valence-electron chi connectivity index (χ2n) is 13.0. The van der Waals surface area contributed by atoms with Crippen LogP contribution in [0.4, 0.5) is 0 Å². The zero-order valence-electron chi connectivity index (χ0n) is 27.6. The number of allylic oxidation sites excluding steroid dienone is 4. The Hall–Kier alpha value is -2.07. The molecule has 0 bridgehead atoms. The molecule has 0 aromatic heterocycles. The maximum Gasteiger partial charge on any atom is 0.303 e. The summed E-state index contributed by atoms with van der Waals surface area (Å²) in [6, 6.07) is 0. The van der Waals surface area contributed by atoms with Crippen molar-refractivity contribution in [1.29, 1.82) is 0 Å². The molecule has 4 rings (SSSR count). The molecule has 0 radical (unpaired) electrons. The summed E-state index contributed by atoms with van der Waals surface area (Å²) in [5.41, 5.74) is -2.25. The van der Waals surface area contributed by atoms with Crippen LogP contribution in [0.2, 0.25) is 0 Å². The quantitative estimate of drug-likeness (QED) is 0.172. The second kappa shape index (κ2) is 16.5. The van der Waals surface area contributed by atoms with E-state index >= 15 is 0 Å². The Kier molecular flexibility index (Phi) is 15.0. The molecule has 5 N–H and O–H groups in total. The van der Waals surface area contributed by atoms with Crippen LogP contribution in [0.25, 0.3) is 0 Å². The fraction of sp³-hybridized carbons (Fsp3) is 0.765. The third-order valence-electron chi connectivity index (χ3n) is 10.4. The van der Waals surface area contributed by atoms with Crippen molar-refractivity contribution in [2.24, 2.45) is 28.6 Å². The number of fused-ring (bicyclic) bond motifs is 5. The molecule has 0 spiro atoms. The normalized spacial score (nSPS) is 36.3. The van der Waals surface area contributed by atoms with E-state index in [4.69, 9.17) is 21.8 Å². The van der Waals surface area contributed by atoms with Crippen LogP contribution in [0.5, 0.6) is 0 Å². The van der Waals surface area contributed by atoms with E-state index in [1.807, 2.05) is 26.8 Å². The first-order valence-electron chi connectivity index (χ1n) is 16.0. The van der Waals surface area contributed by atoms with E-state index in [0.29, 0.717) is 19.3 Å². The number of carbonyl (C=O) groups is 4. The molecular weight excluding hydrogens is 588 g/mol. The number of aliphatic hydroxyl groups is 3. The van der Waals surface area contributed by atoms with Gasteiger partial charge in [-0.05, 0) is 55.6 Å². The number of carboxylic acids is 2. The molecule has 44 heavy (non-hydrogen) atoms. The summed E-state index contributed by atoms with van der Waals surface area (Å²) in [5.74, 6) is -2.64. The van der Waals surface area contributed by atoms with Gasteiger partial charge in [-0.15, -0.1) is 11.6 Å². The van der Waals surface area contributed by atoms with Crippen molar-refractivity contribution < 1.29 is 44.7 Å². The minimum atomic E-state index is -1.68. The highest BCUT2D eigenvalue weighted by atomic mass is 35.5. The standard InChI is InChI=1S/C22H29ClO5.C6H14.2C3H6O2/c1-12-8-16-15-5-4-13-9-14(25)6-7-19(13,2)21(15,23)17(26)10-20(16,3)22(12,28)18(27)11-24;1-3-5-6-4-2;2*1-2-3(4)5/h6-7,9,12,15-17,24,26,28H,4-5,8,10-11H2,1-3H3;3-6H2,1-2H3;2*2H2,1H3,(H,4,5)/t12-,15-,16-,17-,19-,20-,21-,22-;;;/m0.../s1. The number of rotatable bonds is 7. The van der Waals surface area contributed by atoms with E-state index in [-0.39, 0.29) is 42.8 Å². The summed E-state index contributed by atoms with van der Waals surface area (Å²) in [5, 5.41) is 47.8. The molecule has 0 amide bonds. The fourth-order valence-corrected chi connectivity index (χ4v) is 8.28. The maximum absolute atomic E-state index is 12.6.